The van der Waals surface area contributed by atoms with Crippen LogP contribution in [0.5, 0.6) is 0 Å². The van der Waals surface area contributed by atoms with Gasteiger partial charge in [0.15, 0.2) is 0 Å². The molecule has 0 heterocycles. The van der Waals surface area contributed by atoms with Crippen LogP contribution in [-0.4, -0.2) is 11.4 Å². The van der Waals surface area contributed by atoms with Gasteiger partial charge in [0.1, 0.15) is 6.29 Å². The van der Waals surface area contributed by atoms with Gasteiger partial charge in [-0.15, -0.1) is 0 Å². The predicted octanol–water partition coefficient (Wildman–Crippen LogP) is 1.79. The maximum Gasteiger partial charge on any atom is 0.127 e. The molecule has 1 atom stereocenters. The molecule has 1 aromatic carbocycles. The van der Waals surface area contributed by atoms with Crippen molar-refractivity contribution in [1.82, 2.24) is 0 Å². The zero-order valence-corrected chi connectivity index (χ0v) is 7.95. The van der Waals surface area contributed by atoms with Crippen LogP contribution in [0.3, 0.4) is 0 Å². The molecule has 1 N–H and O–H groups in total. The zero-order valence-electron chi connectivity index (χ0n) is 7.95. The molecule has 0 bridgehead atoms. The topological polar surface area (TPSA) is 37.3 Å². The van der Waals surface area contributed by atoms with Crippen molar-refractivity contribution < 1.29 is 9.90 Å². The molecule has 0 radical (unpaired) electrons. The predicted molar refractivity (Wildman–Crippen MR) is 51.6 cm³/mol. The quantitative estimate of drug-likeness (QED) is 0.716. The Kier molecular flexibility index (Phi) is 3.20. The highest BCUT2D eigenvalue weighted by molar-refractivity contribution is 5.61. The van der Waals surface area contributed by atoms with Crippen molar-refractivity contribution in [2.45, 2.75) is 26.4 Å². The molecule has 70 valence electrons. The van der Waals surface area contributed by atoms with Crippen molar-refractivity contribution in [3.05, 3.63) is 34.9 Å². The van der Waals surface area contributed by atoms with Crippen molar-refractivity contribution in [2.75, 3.05) is 0 Å². The van der Waals surface area contributed by atoms with Crippen LogP contribution in [0.2, 0.25) is 0 Å². The molecule has 1 aromatic rings. The van der Waals surface area contributed by atoms with Crippen molar-refractivity contribution in [3.63, 3.8) is 0 Å². The number of benzene rings is 1. The average molecular weight is 178 g/mol. The summed E-state index contributed by atoms with van der Waals surface area (Å²) >= 11 is 0. The van der Waals surface area contributed by atoms with Gasteiger partial charge >= 0.3 is 0 Å². The number of rotatable bonds is 3. The highest BCUT2D eigenvalue weighted by Crippen LogP contribution is 2.17. The first-order valence-corrected chi connectivity index (χ1v) is 4.34. The molecular formula is C11H14O2. The first-order chi connectivity index (χ1) is 6.19. The molecule has 1 rings (SSSR count). The van der Waals surface area contributed by atoms with Gasteiger partial charge in [-0.3, -0.25) is 0 Å². The minimum atomic E-state index is -0.0918. The largest absolute Gasteiger partial charge is 0.392 e. The molecule has 0 aliphatic carbocycles. The second-order valence-corrected chi connectivity index (χ2v) is 3.27. The van der Waals surface area contributed by atoms with E-state index in [0.717, 1.165) is 23.0 Å². The molecule has 0 spiro atoms. The Morgan fingerprint density at radius 3 is 2.77 bits per heavy atom. The van der Waals surface area contributed by atoms with E-state index in [1.165, 1.54) is 0 Å². The fourth-order valence-electron chi connectivity index (χ4n) is 1.22. The molecule has 2 heteroatoms. The van der Waals surface area contributed by atoms with E-state index in [1.807, 2.05) is 32.0 Å². The summed E-state index contributed by atoms with van der Waals surface area (Å²) in [6.07, 6.45) is 0.909. The van der Waals surface area contributed by atoms with Gasteiger partial charge in [0, 0.05) is 5.92 Å². The Morgan fingerprint density at radius 2 is 2.23 bits per heavy atom. The molecule has 0 amide bonds. The van der Waals surface area contributed by atoms with Crippen molar-refractivity contribution in [2.24, 2.45) is 0 Å². The van der Waals surface area contributed by atoms with Gasteiger partial charge in [-0.25, -0.2) is 0 Å². The summed E-state index contributed by atoms with van der Waals surface area (Å²) in [5.41, 5.74) is 2.92. The third-order valence-corrected chi connectivity index (χ3v) is 2.27. The van der Waals surface area contributed by atoms with Gasteiger partial charge in [0.2, 0.25) is 0 Å². The van der Waals surface area contributed by atoms with Crippen LogP contribution in [0.15, 0.2) is 18.2 Å². The highest BCUT2D eigenvalue weighted by Gasteiger charge is 2.05. The maximum absolute atomic E-state index is 10.5. The Labute approximate surface area is 78.2 Å². The number of aliphatic hydroxyl groups excluding tert-OH is 1. The van der Waals surface area contributed by atoms with E-state index >= 15 is 0 Å². The zero-order chi connectivity index (χ0) is 9.84. The van der Waals surface area contributed by atoms with Gasteiger partial charge in [-0.2, -0.15) is 0 Å². The highest BCUT2D eigenvalue weighted by atomic mass is 16.3. The van der Waals surface area contributed by atoms with Crippen molar-refractivity contribution in [3.8, 4) is 0 Å². The third kappa shape index (κ3) is 2.16. The lowest BCUT2D eigenvalue weighted by molar-refractivity contribution is -0.108. The van der Waals surface area contributed by atoms with Crippen molar-refractivity contribution in [1.29, 1.82) is 0 Å². The lowest BCUT2D eigenvalue weighted by atomic mass is 9.98. The van der Waals surface area contributed by atoms with E-state index in [9.17, 15) is 4.79 Å². The minimum absolute atomic E-state index is 0.0330. The van der Waals surface area contributed by atoms with Crippen LogP contribution in [0.1, 0.15) is 29.5 Å². The molecule has 0 aliphatic heterocycles. The van der Waals surface area contributed by atoms with Gasteiger partial charge in [-0.05, 0) is 23.6 Å². The first kappa shape index (κ1) is 9.93. The monoisotopic (exact) mass is 178 g/mol. The van der Waals surface area contributed by atoms with Gasteiger partial charge in [-0.1, -0.05) is 25.1 Å². The Bertz CT molecular complexity index is 305. The summed E-state index contributed by atoms with van der Waals surface area (Å²) in [5, 5.41) is 9.01. The van der Waals surface area contributed by atoms with Crippen LogP contribution in [0.4, 0.5) is 0 Å². The number of hydrogen-bond donors (Lipinski definition) is 1. The van der Waals surface area contributed by atoms with E-state index in [1.54, 1.807) is 0 Å². The summed E-state index contributed by atoms with van der Waals surface area (Å²) in [6.45, 7) is 3.82. The SMILES string of the molecule is Cc1ccc(C(C)C=O)cc1CO. The Hall–Kier alpha value is -1.15. The summed E-state index contributed by atoms with van der Waals surface area (Å²) in [7, 11) is 0. The number of carbonyl (C=O) groups excluding carboxylic acids is 1. The van der Waals surface area contributed by atoms with Gasteiger partial charge in [0.05, 0.1) is 6.61 Å². The summed E-state index contributed by atoms with van der Waals surface area (Å²) in [5.74, 6) is -0.0918. The molecule has 0 fully saturated rings. The Balaban J connectivity index is 3.05. The van der Waals surface area contributed by atoms with Crippen LogP contribution >= 0.6 is 0 Å². The fraction of sp³-hybridized carbons (Fsp3) is 0.364. The van der Waals surface area contributed by atoms with E-state index in [-0.39, 0.29) is 12.5 Å². The minimum Gasteiger partial charge on any atom is -0.392 e. The fourth-order valence-corrected chi connectivity index (χ4v) is 1.22. The van der Waals surface area contributed by atoms with Crippen molar-refractivity contribution >= 4 is 6.29 Å². The van der Waals surface area contributed by atoms with Crippen LogP contribution in [-0.2, 0) is 11.4 Å². The molecule has 13 heavy (non-hydrogen) atoms. The van der Waals surface area contributed by atoms with Crippen LogP contribution in [0.25, 0.3) is 0 Å². The van der Waals surface area contributed by atoms with Gasteiger partial charge in [0.25, 0.3) is 0 Å². The second kappa shape index (κ2) is 4.19. The number of aldehydes is 1. The lowest BCUT2D eigenvalue weighted by Gasteiger charge is -2.08. The van der Waals surface area contributed by atoms with Gasteiger partial charge < -0.3 is 9.90 Å². The normalized spacial score (nSPS) is 12.5. The standard InChI is InChI=1S/C11H14O2/c1-8-3-4-10(9(2)6-12)5-11(8)7-13/h3-6,9,13H,7H2,1-2H3. The number of aliphatic hydroxyl groups is 1. The van der Waals surface area contributed by atoms with E-state index in [0.29, 0.717) is 0 Å². The van der Waals surface area contributed by atoms with E-state index in [4.69, 9.17) is 5.11 Å². The van der Waals surface area contributed by atoms with E-state index in [2.05, 4.69) is 0 Å². The summed E-state index contributed by atoms with van der Waals surface area (Å²) in [6, 6.07) is 5.74. The maximum atomic E-state index is 10.5. The molecule has 0 aromatic heterocycles. The molecular weight excluding hydrogens is 164 g/mol. The Morgan fingerprint density at radius 1 is 1.54 bits per heavy atom. The third-order valence-electron chi connectivity index (χ3n) is 2.27. The lowest BCUT2D eigenvalue weighted by Crippen LogP contribution is -1.97. The molecule has 2 nitrogen and oxygen atoms in total. The molecule has 0 saturated carbocycles. The average Bonchev–Trinajstić information content (AvgIpc) is 2.17. The number of hydrogen-bond acceptors (Lipinski definition) is 2. The van der Waals surface area contributed by atoms with Crippen LogP contribution < -0.4 is 0 Å². The molecule has 1 unspecified atom stereocenters. The summed E-state index contributed by atoms with van der Waals surface area (Å²) in [4.78, 5) is 10.5. The number of carbonyl (C=O) groups is 1. The smallest absolute Gasteiger partial charge is 0.127 e. The number of aryl methyl sites for hydroxylation is 1. The molecule has 0 saturated heterocycles. The summed E-state index contributed by atoms with van der Waals surface area (Å²) < 4.78 is 0. The first-order valence-electron chi connectivity index (χ1n) is 4.34. The van der Waals surface area contributed by atoms with Crippen LogP contribution in [0, 0.1) is 6.92 Å². The van der Waals surface area contributed by atoms with E-state index < -0.39 is 0 Å². The second-order valence-electron chi connectivity index (χ2n) is 3.27. The molecule has 0 aliphatic rings.